The molecule has 0 bridgehead atoms. The first-order chi connectivity index (χ1) is 7.25. The van der Waals surface area contributed by atoms with Crippen LogP contribution >= 0.6 is 27.3 Å². The number of hydrogen-bond acceptors (Lipinski definition) is 2. The van der Waals surface area contributed by atoms with Crippen LogP contribution in [0, 0.1) is 6.92 Å². The summed E-state index contributed by atoms with van der Waals surface area (Å²) in [7, 11) is 0. The molecule has 0 saturated carbocycles. The van der Waals surface area contributed by atoms with Gasteiger partial charge in [-0.1, -0.05) is 15.9 Å². The molecule has 1 aromatic carbocycles. The van der Waals surface area contributed by atoms with E-state index in [2.05, 4.69) is 39.7 Å². The van der Waals surface area contributed by atoms with Crippen LogP contribution in [-0.4, -0.2) is 0 Å². The summed E-state index contributed by atoms with van der Waals surface area (Å²) in [6.07, 6.45) is 0. The average Bonchev–Trinajstić information content (AvgIpc) is 2.73. The van der Waals surface area contributed by atoms with Crippen LogP contribution in [0.1, 0.15) is 11.1 Å². The second kappa shape index (κ2) is 4.81. The molecule has 3 heteroatoms. The van der Waals surface area contributed by atoms with Gasteiger partial charge in [-0.3, -0.25) is 0 Å². The summed E-state index contributed by atoms with van der Waals surface area (Å²) in [5.74, 6) is 0.918. The Labute approximate surface area is 102 Å². The normalized spacial score (nSPS) is 10.3. The maximum Gasteiger partial charge on any atom is 0.120 e. The van der Waals surface area contributed by atoms with Crippen molar-refractivity contribution in [2.45, 2.75) is 13.5 Å². The van der Waals surface area contributed by atoms with Crippen LogP contribution in [-0.2, 0) is 6.61 Å². The molecule has 15 heavy (non-hydrogen) atoms. The van der Waals surface area contributed by atoms with Gasteiger partial charge in [0, 0.05) is 4.47 Å². The Kier molecular flexibility index (Phi) is 3.44. The first kappa shape index (κ1) is 10.7. The van der Waals surface area contributed by atoms with E-state index in [0.717, 1.165) is 10.2 Å². The molecule has 0 radical (unpaired) electrons. The Hall–Kier alpha value is -0.800. The number of benzene rings is 1. The van der Waals surface area contributed by atoms with Crippen molar-refractivity contribution in [3.8, 4) is 5.75 Å². The van der Waals surface area contributed by atoms with E-state index in [1.807, 2.05) is 18.2 Å². The van der Waals surface area contributed by atoms with E-state index in [-0.39, 0.29) is 0 Å². The highest BCUT2D eigenvalue weighted by molar-refractivity contribution is 9.10. The fourth-order valence-corrected chi connectivity index (χ4v) is 2.15. The minimum Gasteiger partial charge on any atom is -0.489 e. The highest BCUT2D eigenvalue weighted by Crippen LogP contribution is 2.22. The van der Waals surface area contributed by atoms with Gasteiger partial charge < -0.3 is 4.74 Å². The summed E-state index contributed by atoms with van der Waals surface area (Å²) in [6.45, 7) is 2.70. The molecular formula is C12H11BrOS. The quantitative estimate of drug-likeness (QED) is 0.811. The van der Waals surface area contributed by atoms with Crippen molar-refractivity contribution in [1.29, 1.82) is 0 Å². The van der Waals surface area contributed by atoms with Crippen molar-refractivity contribution in [1.82, 2.24) is 0 Å². The third-order valence-corrected chi connectivity index (χ3v) is 3.74. The van der Waals surface area contributed by atoms with Gasteiger partial charge in [0.05, 0.1) is 0 Å². The monoisotopic (exact) mass is 282 g/mol. The minimum absolute atomic E-state index is 0.643. The lowest BCUT2D eigenvalue weighted by Gasteiger charge is -2.06. The van der Waals surface area contributed by atoms with Gasteiger partial charge in [-0.2, -0.15) is 11.3 Å². The summed E-state index contributed by atoms with van der Waals surface area (Å²) in [4.78, 5) is 0. The molecule has 0 fully saturated rings. The molecule has 0 saturated heterocycles. The molecule has 2 rings (SSSR count). The van der Waals surface area contributed by atoms with Crippen LogP contribution in [0.3, 0.4) is 0 Å². The zero-order valence-corrected chi connectivity index (χ0v) is 10.8. The fraction of sp³-hybridized carbons (Fsp3) is 0.167. The Morgan fingerprint density at radius 2 is 2.20 bits per heavy atom. The van der Waals surface area contributed by atoms with Crippen LogP contribution in [0.2, 0.25) is 0 Å². The zero-order valence-electron chi connectivity index (χ0n) is 8.37. The van der Waals surface area contributed by atoms with Crippen molar-refractivity contribution in [2.24, 2.45) is 0 Å². The maximum absolute atomic E-state index is 5.67. The Morgan fingerprint density at radius 1 is 1.33 bits per heavy atom. The van der Waals surface area contributed by atoms with Gasteiger partial charge in [-0.15, -0.1) is 0 Å². The third kappa shape index (κ3) is 2.83. The molecular weight excluding hydrogens is 272 g/mol. The number of rotatable bonds is 3. The second-order valence-electron chi connectivity index (χ2n) is 3.33. The maximum atomic E-state index is 5.67. The number of ether oxygens (including phenoxy) is 1. The zero-order chi connectivity index (χ0) is 10.7. The summed E-state index contributed by atoms with van der Waals surface area (Å²) in [5, 5.41) is 4.16. The van der Waals surface area contributed by atoms with Gasteiger partial charge in [0.2, 0.25) is 0 Å². The first-order valence-corrected chi connectivity index (χ1v) is 6.39. The largest absolute Gasteiger partial charge is 0.489 e. The van der Waals surface area contributed by atoms with Gasteiger partial charge in [0.15, 0.2) is 0 Å². The van der Waals surface area contributed by atoms with Crippen LogP contribution in [0.25, 0.3) is 0 Å². The summed E-state index contributed by atoms with van der Waals surface area (Å²) >= 11 is 5.16. The first-order valence-electron chi connectivity index (χ1n) is 4.66. The number of thiophene rings is 1. The highest BCUT2D eigenvalue weighted by Gasteiger charge is 1.99. The van der Waals surface area contributed by atoms with E-state index in [1.165, 1.54) is 11.1 Å². The number of aryl methyl sites for hydroxylation is 1. The molecule has 1 nitrogen and oxygen atoms in total. The van der Waals surface area contributed by atoms with E-state index < -0.39 is 0 Å². The molecule has 0 unspecified atom stereocenters. The molecule has 78 valence electrons. The van der Waals surface area contributed by atoms with Crippen molar-refractivity contribution in [3.63, 3.8) is 0 Å². The second-order valence-corrected chi connectivity index (χ2v) is 4.97. The van der Waals surface area contributed by atoms with Crippen LogP contribution in [0.15, 0.2) is 39.5 Å². The molecule has 0 spiro atoms. The van der Waals surface area contributed by atoms with Crippen molar-refractivity contribution < 1.29 is 4.74 Å². The summed E-state index contributed by atoms with van der Waals surface area (Å²) < 4.78 is 6.79. The fourth-order valence-electron chi connectivity index (χ4n) is 1.25. The lowest BCUT2D eigenvalue weighted by atomic mass is 10.2. The smallest absolute Gasteiger partial charge is 0.120 e. The van der Waals surface area contributed by atoms with Crippen LogP contribution < -0.4 is 4.74 Å². The van der Waals surface area contributed by atoms with Crippen molar-refractivity contribution in [3.05, 3.63) is 50.6 Å². The Balaban J connectivity index is 2.02. The van der Waals surface area contributed by atoms with Crippen LogP contribution in [0.4, 0.5) is 0 Å². The average molecular weight is 283 g/mol. The van der Waals surface area contributed by atoms with Gasteiger partial charge in [0.1, 0.15) is 12.4 Å². The predicted octanol–water partition coefficient (Wildman–Crippen LogP) is 4.40. The van der Waals surface area contributed by atoms with Crippen molar-refractivity contribution in [2.75, 3.05) is 0 Å². The number of hydrogen-bond donors (Lipinski definition) is 0. The Morgan fingerprint density at radius 3 is 2.87 bits per heavy atom. The molecule has 1 heterocycles. The van der Waals surface area contributed by atoms with E-state index >= 15 is 0 Å². The minimum atomic E-state index is 0.643. The van der Waals surface area contributed by atoms with Gasteiger partial charge in [-0.25, -0.2) is 0 Å². The Bertz CT molecular complexity index is 437. The lowest BCUT2D eigenvalue weighted by molar-refractivity contribution is 0.306. The summed E-state index contributed by atoms with van der Waals surface area (Å²) in [6, 6.07) is 8.11. The third-order valence-electron chi connectivity index (χ3n) is 2.12. The number of halogens is 1. The van der Waals surface area contributed by atoms with E-state index in [0.29, 0.717) is 6.61 Å². The topological polar surface area (TPSA) is 9.23 Å². The standard InChI is InChI=1S/C12H11BrOS/c1-9-6-11(2-3-12(9)13)14-7-10-4-5-15-8-10/h2-6,8H,7H2,1H3. The van der Waals surface area contributed by atoms with Crippen LogP contribution in [0.5, 0.6) is 5.75 Å². The summed E-state index contributed by atoms with van der Waals surface area (Å²) in [5.41, 5.74) is 2.42. The molecule has 0 aliphatic carbocycles. The SMILES string of the molecule is Cc1cc(OCc2ccsc2)ccc1Br. The molecule has 0 atom stereocenters. The van der Waals surface area contributed by atoms with Gasteiger partial charge >= 0.3 is 0 Å². The van der Waals surface area contributed by atoms with Crippen molar-refractivity contribution >= 4 is 27.3 Å². The molecule has 0 N–H and O–H groups in total. The molecule has 2 aromatic rings. The van der Waals surface area contributed by atoms with E-state index in [9.17, 15) is 0 Å². The van der Waals surface area contributed by atoms with Gasteiger partial charge in [0.25, 0.3) is 0 Å². The predicted molar refractivity (Wildman–Crippen MR) is 67.5 cm³/mol. The molecule has 0 aliphatic heterocycles. The molecule has 1 aromatic heterocycles. The van der Waals surface area contributed by atoms with Gasteiger partial charge in [-0.05, 0) is 53.1 Å². The molecule has 0 amide bonds. The lowest BCUT2D eigenvalue weighted by Crippen LogP contribution is -1.93. The molecule has 0 aliphatic rings. The highest BCUT2D eigenvalue weighted by atomic mass is 79.9. The van der Waals surface area contributed by atoms with E-state index in [4.69, 9.17) is 4.74 Å². The van der Waals surface area contributed by atoms with E-state index in [1.54, 1.807) is 11.3 Å².